The van der Waals surface area contributed by atoms with E-state index in [0.717, 1.165) is 5.56 Å². The van der Waals surface area contributed by atoms with Gasteiger partial charge in [-0.3, -0.25) is 0 Å². The molecule has 0 fully saturated rings. The van der Waals surface area contributed by atoms with Crippen LogP contribution in [-0.4, -0.2) is 35.1 Å². The fraction of sp³-hybridized carbons (Fsp3) is 0.500. The number of benzene rings is 1. The summed E-state index contributed by atoms with van der Waals surface area (Å²) in [6.07, 6.45) is 0. The topological polar surface area (TPSA) is 69.6 Å². The highest BCUT2D eigenvalue weighted by molar-refractivity contribution is 6.00. The molecule has 0 spiro atoms. The Morgan fingerprint density at radius 2 is 1.86 bits per heavy atom. The quantitative estimate of drug-likeness (QED) is 0.894. The van der Waals surface area contributed by atoms with Crippen LogP contribution in [0.3, 0.4) is 0 Å². The number of aromatic carboxylic acids is 1. The van der Waals surface area contributed by atoms with Crippen LogP contribution in [0.15, 0.2) is 18.2 Å². The summed E-state index contributed by atoms with van der Waals surface area (Å²) in [6.45, 7) is 9.93. The number of hydrogen-bond acceptors (Lipinski definition) is 2. The number of anilines is 1. The van der Waals surface area contributed by atoms with Gasteiger partial charge in [0.05, 0.1) is 11.3 Å². The minimum Gasteiger partial charge on any atom is -0.478 e. The third-order valence-electron chi connectivity index (χ3n) is 3.80. The fourth-order valence-electron chi connectivity index (χ4n) is 1.90. The van der Waals surface area contributed by atoms with Crippen LogP contribution in [0.5, 0.6) is 0 Å². The number of aryl methyl sites for hydroxylation is 1. The molecule has 1 aromatic carbocycles. The molecule has 0 aliphatic rings. The molecule has 0 aliphatic carbocycles. The van der Waals surface area contributed by atoms with E-state index in [9.17, 15) is 14.7 Å². The average molecular weight is 292 g/mol. The average Bonchev–Trinajstić information content (AvgIpc) is 2.37. The van der Waals surface area contributed by atoms with Crippen LogP contribution < -0.4 is 5.32 Å². The van der Waals surface area contributed by atoms with Gasteiger partial charge in [0.25, 0.3) is 0 Å². The molecule has 0 radical (unpaired) electrons. The monoisotopic (exact) mass is 292 g/mol. The number of hydrogen-bond donors (Lipinski definition) is 2. The van der Waals surface area contributed by atoms with Crippen molar-refractivity contribution < 1.29 is 14.7 Å². The first-order valence-electron chi connectivity index (χ1n) is 6.91. The summed E-state index contributed by atoms with van der Waals surface area (Å²) < 4.78 is 0. The number of urea groups is 1. The van der Waals surface area contributed by atoms with Gasteiger partial charge in [-0.05, 0) is 31.4 Å². The highest BCUT2D eigenvalue weighted by atomic mass is 16.4. The molecule has 5 nitrogen and oxygen atoms in total. The second kappa shape index (κ2) is 6.16. The minimum absolute atomic E-state index is 0.0104. The number of rotatable bonds is 3. The Balaban J connectivity index is 2.96. The van der Waals surface area contributed by atoms with E-state index < -0.39 is 5.97 Å². The van der Waals surface area contributed by atoms with Crippen molar-refractivity contribution in [3.05, 3.63) is 29.3 Å². The van der Waals surface area contributed by atoms with Crippen molar-refractivity contribution in [3.8, 4) is 0 Å². The third-order valence-corrected chi connectivity index (χ3v) is 3.80. The summed E-state index contributed by atoms with van der Waals surface area (Å²) in [4.78, 5) is 25.1. The van der Waals surface area contributed by atoms with E-state index >= 15 is 0 Å². The molecule has 1 aromatic rings. The molecule has 2 amide bonds. The second-order valence-electron chi connectivity index (χ2n) is 6.44. The first-order chi connectivity index (χ1) is 9.54. The Bertz CT molecular complexity index is 547. The molecule has 5 heteroatoms. The van der Waals surface area contributed by atoms with E-state index in [-0.39, 0.29) is 23.1 Å². The molecule has 0 aliphatic heterocycles. The van der Waals surface area contributed by atoms with E-state index in [0.29, 0.717) is 5.69 Å². The molecule has 0 saturated carbocycles. The molecule has 1 rings (SSSR count). The lowest BCUT2D eigenvalue weighted by atomic mass is 9.87. The fourth-order valence-corrected chi connectivity index (χ4v) is 1.90. The van der Waals surface area contributed by atoms with Gasteiger partial charge in [-0.15, -0.1) is 0 Å². The maximum atomic E-state index is 12.3. The summed E-state index contributed by atoms with van der Waals surface area (Å²) in [5.41, 5.74) is 1.18. The van der Waals surface area contributed by atoms with Crippen molar-refractivity contribution in [2.75, 3.05) is 12.4 Å². The van der Waals surface area contributed by atoms with Crippen LogP contribution in [0, 0.1) is 12.3 Å². The van der Waals surface area contributed by atoms with Crippen LogP contribution in [0.1, 0.15) is 43.6 Å². The van der Waals surface area contributed by atoms with Gasteiger partial charge in [0.2, 0.25) is 0 Å². The van der Waals surface area contributed by atoms with Gasteiger partial charge in [-0.2, -0.15) is 0 Å². The van der Waals surface area contributed by atoms with E-state index in [2.05, 4.69) is 26.1 Å². The van der Waals surface area contributed by atoms with Crippen molar-refractivity contribution in [3.63, 3.8) is 0 Å². The zero-order valence-corrected chi connectivity index (χ0v) is 13.5. The van der Waals surface area contributed by atoms with Gasteiger partial charge in [0.15, 0.2) is 0 Å². The van der Waals surface area contributed by atoms with E-state index in [1.165, 1.54) is 0 Å². The number of carbonyl (C=O) groups is 2. The standard InChI is InChI=1S/C16H24N2O3/c1-10-7-8-13(12(9-10)14(19)20)17-15(21)18(6)11(2)16(3,4)5/h7-9,11H,1-6H3,(H,17,21)(H,19,20). The molecule has 0 aromatic heterocycles. The summed E-state index contributed by atoms with van der Waals surface area (Å²) in [7, 11) is 1.71. The van der Waals surface area contributed by atoms with E-state index in [4.69, 9.17) is 0 Å². The van der Waals surface area contributed by atoms with Crippen LogP contribution in [0.4, 0.5) is 10.5 Å². The number of carbonyl (C=O) groups excluding carboxylic acids is 1. The number of nitrogens with zero attached hydrogens (tertiary/aromatic N) is 1. The molecule has 1 atom stereocenters. The Labute approximate surface area is 126 Å². The largest absolute Gasteiger partial charge is 0.478 e. The highest BCUT2D eigenvalue weighted by Crippen LogP contribution is 2.24. The molecule has 21 heavy (non-hydrogen) atoms. The number of nitrogens with one attached hydrogen (secondary N) is 1. The van der Waals surface area contributed by atoms with Crippen molar-refractivity contribution >= 4 is 17.7 Å². The molecule has 116 valence electrons. The van der Waals surface area contributed by atoms with Crippen molar-refractivity contribution in [2.45, 2.75) is 40.7 Å². The Kier molecular flexibility index (Phi) is 4.99. The van der Waals surface area contributed by atoms with Crippen LogP contribution in [0.2, 0.25) is 0 Å². The zero-order valence-electron chi connectivity index (χ0n) is 13.5. The van der Waals surface area contributed by atoms with E-state index in [1.807, 2.05) is 13.8 Å². The first kappa shape index (κ1) is 17.0. The van der Waals surface area contributed by atoms with Gasteiger partial charge in [-0.1, -0.05) is 32.4 Å². The molecule has 2 N–H and O–H groups in total. The Hall–Kier alpha value is -2.04. The Morgan fingerprint density at radius 1 is 1.29 bits per heavy atom. The lowest BCUT2D eigenvalue weighted by Crippen LogP contribution is -2.45. The molecule has 0 bridgehead atoms. The number of amides is 2. The van der Waals surface area contributed by atoms with Gasteiger partial charge in [0.1, 0.15) is 0 Å². The van der Waals surface area contributed by atoms with Crippen molar-refractivity contribution in [2.24, 2.45) is 5.41 Å². The number of carboxylic acids is 1. The predicted octanol–water partition coefficient (Wildman–Crippen LogP) is 3.59. The van der Waals surface area contributed by atoms with Crippen LogP contribution in [0.25, 0.3) is 0 Å². The third kappa shape index (κ3) is 4.21. The normalized spacial score (nSPS) is 12.7. The lowest BCUT2D eigenvalue weighted by Gasteiger charge is -2.35. The molecular formula is C16H24N2O3. The van der Waals surface area contributed by atoms with Gasteiger partial charge >= 0.3 is 12.0 Å². The maximum Gasteiger partial charge on any atom is 0.337 e. The summed E-state index contributed by atoms with van der Waals surface area (Å²) >= 11 is 0. The molecule has 0 heterocycles. The summed E-state index contributed by atoms with van der Waals surface area (Å²) in [5, 5.41) is 11.9. The van der Waals surface area contributed by atoms with Crippen molar-refractivity contribution in [1.82, 2.24) is 4.90 Å². The van der Waals surface area contributed by atoms with Gasteiger partial charge < -0.3 is 15.3 Å². The second-order valence-corrected chi connectivity index (χ2v) is 6.44. The molecule has 1 unspecified atom stereocenters. The van der Waals surface area contributed by atoms with Crippen molar-refractivity contribution in [1.29, 1.82) is 0 Å². The van der Waals surface area contributed by atoms with Crippen LogP contribution >= 0.6 is 0 Å². The highest BCUT2D eigenvalue weighted by Gasteiger charge is 2.27. The first-order valence-corrected chi connectivity index (χ1v) is 6.91. The van der Waals surface area contributed by atoms with E-state index in [1.54, 1.807) is 30.1 Å². The SMILES string of the molecule is Cc1ccc(NC(=O)N(C)C(C)C(C)(C)C)c(C(=O)O)c1. The van der Waals surface area contributed by atoms with Gasteiger partial charge in [0, 0.05) is 13.1 Å². The predicted molar refractivity (Wildman–Crippen MR) is 83.8 cm³/mol. The molecule has 0 saturated heterocycles. The Morgan fingerprint density at radius 3 is 2.33 bits per heavy atom. The van der Waals surface area contributed by atoms with Crippen LogP contribution in [-0.2, 0) is 0 Å². The smallest absolute Gasteiger partial charge is 0.337 e. The molecular weight excluding hydrogens is 268 g/mol. The summed E-state index contributed by atoms with van der Waals surface area (Å²) in [5.74, 6) is -1.06. The van der Waals surface area contributed by atoms with Gasteiger partial charge in [-0.25, -0.2) is 9.59 Å². The number of carboxylic acid groups (broad SMARTS) is 1. The zero-order chi connectivity index (χ0) is 16.4. The lowest BCUT2D eigenvalue weighted by molar-refractivity contribution is 0.0698. The summed E-state index contributed by atoms with van der Waals surface area (Å²) in [6, 6.07) is 4.63. The minimum atomic E-state index is -1.06. The maximum absolute atomic E-state index is 12.3.